The van der Waals surface area contributed by atoms with Crippen LogP contribution in [0.5, 0.6) is 0 Å². The van der Waals surface area contributed by atoms with E-state index in [0.29, 0.717) is 11.0 Å². The molecule has 0 N–H and O–H groups in total. The third-order valence-corrected chi connectivity index (χ3v) is 5.13. The molecule has 0 saturated carbocycles. The van der Waals surface area contributed by atoms with E-state index in [0.717, 1.165) is 17.5 Å². The Labute approximate surface area is 157 Å². The molecule has 1 aliphatic heterocycles. The van der Waals surface area contributed by atoms with Crippen LogP contribution < -0.4 is 4.90 Å². The lowest BCUT2D eigenvalue weighted by Gasteiger charge is -2.38. The molecule has 0 fully saturated rings. The van der Waals surface area contributed by atoms with Crippen molar-refractivity contribution < 1.29 is 4.79 Å². The fourth-order valence-electron chi connectivity index (χ4n) is 3.59. The Morgan fingerprint density at radius 3 is 2.31 bits per heavy atom. The van der Waals surface area contributed by atoms with Crippen molar-refractivity contribution in [1.82, 2.24) is 14.8 Å². The van der Waals surface area contributed by atoms with Crippen LogP contribution in [0.25, 0.3) is 0 Å². The highest BCUT2D eigenvalue weighted by Gasteiger charge is 2.38. The molecule has 2 aromatic carbocycles. The highest BCUT2D eigenvalue weighted by atomic mass is 35.5. The van der Waals surface area contributed by atoms with Gasteiger partial charge in [-0.05, 0) is 36.6 Å². The van der Waals surface area contributed by atoms with E-state index in [4.69, 9.17) is 11.6 Å². The summed E-state index contributed by atoms with van der Waals surface area (Å²) in [6.07, 6.45) is 2.23. The van der Waals surface area contributed by atoms with Crippen LogP contribution in [0, 0.1) is 6.92 Å². The molecular formula is C20H19ClN4O. The molecule has 26 heavy (non-hydrogen) atoms. The predicted molar refractivity (Wildman–Crippen MR) is 101 cm³/mol. The summed E-state index contributed by atoms with van der Waals surface area (Å²) in [7, 11) is 0. The highest BCUT2D eigenvalue weighted by Crippen LogP contribution is 2.41. The quantitative estimate of drug-likeness (QED) is 0.678. The van der Waals surface area contributed by atoms with E-state index >= 15 is 0 Å². The molecule has 6 heteroatoms. The molecule has 0 unspecified atom stereocenters. The Bertz CT molecular complexity index is 933. The zero-order chi connectivity index (χ0) is 18.3. The van der Waals surface area contributed by atoms with Crippen molar-refractivity contribution >= 4 is 23.5 Å². The summed E-state index contributed by atoms with van der Waals surface area (Å²) in [4.78, 5) is 18.5. The van der Waals surface area contributed by atoms with Crippen LogP contribution in [0.4, 0.5) is 5.95 Å². The molecule has 1 aromatic heterocycles. The highest BCUT2D eigenvalue weighted by molar-refractivity contribution is 6.30. The second-order valence-corrected chi connectivity index (χ2v) is 7.06. The number of benzene rings is 2. The van der Waals surface area contributed by atoms with Gasteiger partial charge in [0.05, 0.1) is 12.1 Å². The number of carbonyl (C=O) groups is 1. The van der Waals surface area contributed by atoms with Gasteiger partial charge < -0.3 is 0 Å². The van der Waals surface area contributed by atoms with Gasteiger partial charge in [0.25, 0.3) is 0 Å². The number of anilines is 1. The predicted octanol–water partition coefficient (Wildman–Crippen LogP) is 4.33. The van der Waals surface area contributed by atoms with Gasteiger partial charge in [-0.25, -0.2) is 4.68 Å². The molecule has 3 aromatic rings. The van der Waals surface area contributed by atoms with Gasteiger partial charge in [-0.1, -0.05) is 53.6 Å². The van der Waals surface area contributed by atoms with Crippen molar-refractivity contribution in [2.45, 2.75) is 32.4 Å². The summed E-state index contributed by atoms with van der Waals surface area (Å²) in [5, 5.41) is 5.08. The maximum absolute atomic E-state index is 12.4. The SMILES string of the molecule is CC(=O)N1c2ncnn2[C@@H](c2ccc(C)cc2)C[C@H]1c1ccc(Cl)cc1. The lowest BCUT2D eigenvalue weighted by Crippen LogP contribution is -2.41. The molecule has 0 saturated heterocycles. The molecular weight excluding hydrogens is 348 g/mol. The molecule has 4 rings (SSSR count). The Balaban J connectivity index is 1.82. The molecule has 0 bridgehead atoms. The van der Waals surface area contributed by atoms with E-state index in [1.54, 1.807) is 11.8 Å². The van der Waals surface area contributed by atoms with Gasteiger partial charge in [0.15, 0.2) is 0 Å². The van der Waals surface area contributed by atoms with Gasteiger partial charge in [0.1, 0.15) is 6.33 Å². The second-order valence-electron chi connectivity index (χ2n) is 6.62. The molecule has 5 nitrogen and oxygen atoms in total. The number of aromatic nitrogens is 3. The average molecular weight is 367 g/mol. The van der Waals surface area contributed by atoms with Crippen molar-refractivity contribution in [3.63, 3.8) is 0 Å². The second kappa shape index (κ2) is 6.57. The average Bonchev–Trinajstić information content (AvgIpc) is 3.11. The van der Waals surface area contributed by atoms with E-state index in [2.05, 4.69) is 41.3 Å². The Hall–Kier alpha value is -2.66. The number of nitrogens with zero attached hydrogens (tertiary/aromatic N) is 4. The van der Waals surface area contributed by atoms with Crippen LogP contribution in [0.2, 0.25) is 5.02 Å². The van der Waals surface area contributed by atoms with Crippen LogP contribution >= 0.6 is 11.6 Å². The van der Waals surface area contributed by atoms with Gasteiger partial charge in [-0.3, -0.25) is 9.69 Å². The van der Waals surface area contributed by atoms with Gasteiger partial charge in [0, 0.05) is 11.9 Å². The summed E-state index contributed by atoms with van der Waals surface area (Å²) in [6.45, 7) is 3.63. The topological polar surface area (TPSA) is 51.0 Å². The summed E-state index contributed by atoms with van der Waals surface area (Å²) < 4.78 is 1.85. The fourth-order valence-corrected chi connectivity index (χ4v) is 3.71. The Morgan fingerprint density at radius 2 is 1.65 bits per heavy atom. The summed E-state index contributed by atoms with van der Waals surface area (Å²) >= 11 is 6.05. The van der Waals surface area contributed by atoms with Crippen molar-refractivity contribution in [2.75, 3.05) is 4.90 Å². The van der Waals surface area contributed by atoms with Crippen LogP contribution in [-0.4, -0.2) is 20.7 Å². The number of carbonyl (C=O) groups excluding carboxylic acids is 1. The standard InChI is InChI=1S/C20H19ClN4O/c1-13-3-5-16(6-4-13)19-11-18(15-7-9-17(21)10-8-15)24(14(2)26)20-22-12-23-25(19)20/h3-10,12,18-19H,11H2,1-2H3/t18-,19+/m0/s1. The molecule has 2 atom stereocenters. The van der Waals surface area contributed by atoms with Gasteiger partial charge in [0.2, 0.25) is 11.9 Å². The van der Waals surface area contributed by atoms with E-state index in [1.165, 1.54) is 11.9 Å². The maximum atomic E-state index is 12.4. The van der Waals surface area contributed by atoms with Gasteiger partial charge in [-0.15, -0.1) is 0 Å². The maximum Gasteiger partial charge on any atom is 0.231 e. The monoisotopic (exact) mass is 366 g/mol. The lowest BCUT2D eigenvalue weighted by molar-refractivity contribution is -0.117. The van der Waals surface area contributed by atoms with Crippen molar-refractivity contribution in [2.24, 2.45) is 0 Å². The van der Waals surface area contributed by atoms with Crippen LogP contribution in [-0.2, 0) is 4.79 Å². The lowest BCUT2D eigenvalue weighted by atomic mass is 9.91. The third kappa shape index (κ3) is 2.88. The third-order valence-electron chi connectivity index (χ3n) is 4.88. The zero-order valence-corrected chi connectivity index (χ0v) is 15.4. The summed E-state index contributed by atoms with van der Waals surface area (Å²) in [5.74, 6) is 0.524. The number of hydrogen-bond donors (Lipinski definition) is 0. The minimum atomic E-state index is -0.118. The first-order valence-corrected chi connectivity index (χ1v) is 8.93. The van der Waals surface area contributed by atoms with E-state index < -0.39 is 0 Å². The molecule has 2 heterocycles. The molecule has 1 aliphatic rings. The van der Waals surface area contributed by atoms with Crippen molar-refractivity contribution in [3.8, 4) is 0 Å². The summed E-state index contributed by atoms with van der Waals surface area (Å²) in [6, 6.07) is 16.0. The van der Waals surface area contributed by atoms with Crippen LogP contribution in [0.15, 0.2) is 54.9 Å². The van der Waals surface area contributed by atoms with Crippen LogP contribution in [0.1, 0.15) is 42.1 Å². The number of hydrogen-bond acceptors (Lipinski definition) is 3. The fraction of sp³-hybridized carbons (Fsp3) is 0.250. The number of fused-ring (bicyclic) bond motifs is 1. The smallest absolute Gasteiger partial charge is 0.231 e. The number of rotatable bonds is 2. The molecule has 0 aliphatic carbocycles. The summed E-state index contributed by atoms with van der Waals surface area (Å²) in [5.41, 5.74) is 3.41. The van der Waals surface area contributed by atoms with E-state index in [1.807, 2.05) is 28.9 Å². The Morgan fingerprint density at radius 1 is 1.04 bits per heavy atom. The van der Waals surface area contributed by atoms with E-state index in [-0.39, 0.29) is 18.0 Å². The number of amides is 1. The minimum Gasteiger partial charge on any atom is -0.275 e. The zero-order valence-electron chi connectivity index (χ0n) is 14.6. The first-order chi connectivity index (χ1) is 12.5. The molecule has 0 radical (unpaired) electrons. The normalized spacial score (nSPS) is 19.3. The number of halogens is 1. The first-order valence-electron chi connectivity index (χ1n) is 8.56. The Kier molecular flexibility index (Phi) is 4.24. The van der Waals surface area contributed by atoms with Gasteiger partial charge in [-0.2, -0.15) is 10.1 Å². The number of aryl methyl sites for hydroxylation is 1. The van der Waals surface area contributed by atoms with Crippen molar-refractivity contribution in [1.29, 1.82) is 0 Å². The minimum absolute atomic E-state index is 0.0179. The largest absolute Gasteiger partial charge is 0.275 e. The molecule has 0 spiro atoms. The first kappa shape index (κ1) is 16.8. The molecule has 132 valence electrons. The molecule has 1 amide bonds. The van der Waals surface area contributed by atoms with Crippen molar-refractivity contribution in [3.05, 3.63) is 76.6 Å². The van der Waals surface area contributed by atoms with Gasteiger partial charge >= 0.3 is 0 Å². The van der Waals surface area contributed by atoms with Crippen LogP contribution in [0.3, 0.4) is 0 Å². The van der Waals surface area contributed by atoms with E-state index in [9.17, 15) is 4.79 Å².